The molecule has 0 amide bonds. The van der Waals surface area contributed by atoms with Gasteiger partial charge >= 0.3 is 0 Å². The molecular formula is C12H8BrNO2S. The summed E-state index contributed by atoms with van der Waals surface area (Å²) in [4.78, 5) is 11.0. The molecule has 5 heteroatoms. The zero-order valence-corrected chi connectivity index (χ0v) is 11.1. The summed E-state index contributed by atoms with van der Waals surface area (Å²) >= 11 is 7.66. The van der Waals surface area contributed by atoms with Crippen molar-refractivity contribution in [1.29, 1.82) is 0 Å². The van der Waals surface area contributed by atoms with Crippen LogP contribution in [0.25, 0.3) is 11.1 Å². The molecule has 17 heavy (non-hydrogen) atoms. The summed E-state index contributed by atoms with van der Waals surface area (Å²) in [6, 6.07) is 12.2. The Bertz CT molecular complexity index is 569. The highest BCUT2D eigenvalue weighted by molar-refractivity contribution is 9.10. The molecule has 0 heterocycles. The summed E-state index contributed by atoms with van der Waals surface area (Å²) in [6.45, 7) is 0. The van der Waals surface area contributed by atoms with Crippen LogP contribution in [0.3, 0.4) is 0 Å². The van der Waals surface area contributed by atoms with E-state index < -0.39 is 4.92 Å². The van der Waals surface area contributed by atoms with E-state index in [-0.39, 0.29) is 5.69 Å². The summed E-state index contributed by atoms with van der Waals surface area (Å²) in [6.07, 6.45) is 0. The fourth-order valence-electron chi connectivity index (χ4n) is 1.50. The van der Waals surface area contributed by atoms with Gasteiger partial charge in [-0.15, -0.1) is 12.6 Å². The van der Waals surface area contributed by atoms with Crippen molar-refractivity contribution in [2.75, 3.05) is 0 Å². The third kappa shape index (κ3) is 2.68. The second kappa shape index (κ2) is 4.89. The quantitative estimate of drug-likeness (QED) is 0.510. The lowest BCUT2D eigenvalue weighted by Crippen LogP contribution is -1.89. The minimum absolute atomic E-state index is 0.0701. The van der Waals surface area contributed by atoms with Crippen LogP contribution in [0.2, 0.25) is 0 Å². The number of halogens is 1. The Morgan fingerprint density at radius 1 is 1.12 bits per heavy atom. The summed E-state index contributed by atoms with van der Waals surface area (Å²) in [5.41, 5.74) is 1.73. The van der Waals surface area contributed by atoms with Crippen molar-refractivity contribution < 1.29 is 4.92 Å². The Hall–Kier alpha value is -1.33. The fourth-order valence-corrected chi connectivity index (χ4v) is 2.03. The van der Waals surface area contributed by atoms with Crippen LogP contribution < -0.4 is 0 Å². The number of thiol groups is 1. The SMILES string of the molecule is O=[N+]([O-])c1ccc(S)c(-c2ccc(Br)cc2)c1. The second-order valence-corrected chi connectivity index (χ2v) is 4.86. The van der Waals surface area contributed by atoms with Crippen LogP contribution in [-0.2, 0) is 0 Å². The molecule has 0 N–H and O–H groups in total. The zero-order chi connectivity index (χ0) is 12.4. The molecule has 0 aliphatic heterocycles. The van der Waals surface area contributed by atoms with Gasteiger partial charge in [0.25, 0.3) is 5.69 Å². The Balaban J connectivity index is 2.54. The molecule has 0 unspecified atom stereocenters. The first-order chi connectivity index (χ1) is 8.08. The van der Waals surface area contributed by atoms with Crippen molar-refractivity contribution in [3.63, 3.8) is 0 Å². The molecule has 2 aromatic rings. The largest absolute Gasteiger partial charge is 0.270 e. The van der Waals surface area contributed by atoms with Gasteiger partial charge in [-0.05, 0) is 23.8 Å². The van der Waals surface area contributed by atoms with Crippen molar-refractivity contribution in [1.82, 2.24) is 0 Å². The number of nitro benzene ring substituents is 1. The maximum absolute atomic E-state index is 10.7. The molecule has 2 rings (SSSR count). The van der Waals surface area contributed by atoms with Gasteiger partial charge in [-0.25, -0.2) is 0 Å². The smallest absolute Gasteiger partial charge is 0.258 e. The average Bonchev–Trinajstić information content (AvgIpc) is 2.31. The van der Waals surface area contributed by atoms with Crippen molar-refractivity contribution in [3.8, 4) is 11.1 Å². The van der Waals surface area contributed by atoms with Crippen molar-refractivity contribution in [2.45, 2.75) is 4.90 Å². The van der Waals surface area contributed by atoms with Gasteiger partial charge in [-0.1, -0.05) is 28.1 Å². The van der Waals surface area contributed by atoms with E-state index in [2.05, 4.69) is 28.6 Å². The Morgan fingerprint density at radius 3 is 2.35 bits per heavy atom. The maximum atomic E-state index is 10.7. The molecule has 0 bridgehead atoms. The summed E-state index contributed by atoms with van der Waals surface area (Å²) in [5, 5.41) is 10.7. The van der Waals surface area contributed by atoms with Crippen molar-refractivity contribution in [2.24, 2.45) is 0 Å². The van der Waals surface area contributed by atoms with E-state index in [1.165, 1.54) is 12.1 Å². The van der Waals surface area contributed by atoms with E-state index in [0.29, 0.717) is 0 Å². The lowest BCUT2D eigenvalue weighted by Gasteiger charge is -2.05. The van der Waals surface area contributed by atoms with E-state index in [1.54, 1.807) is 6.07 Å². The molecule has 0 saturated carbocycles. The highest BCUT2D eigenvalue weighted by atomic mass is 79.9. The molecular weight excluding hydrogens is 302 g/mol. The number of nitro groups is 1. The zero-order valence-electron chi connectivity index (χ0n) is 8.63. The molecule has 0 aliphatic carbocycles. The molecule has 0 aromatic heterocycles. The first kappa shape index (κ1) is 12.1. The Kier molecular flexibility index (Phi) is 3.49. The molecule has 2 aromatic carbocycles. The summed E-state index contributed by atoms with van der Waals surface area (Å²) in [7, 11) is 0. The summed E-state index contributed by atoms with van der Waals surface area (Å²) < 4.78 is 0.965. The lowest BCUT2D eigenvalue weighted by molar-refractivity contribution is -0.384. The first-order valence-corrected chi connectivity index (χ1v) is 6.05. The van der Waals surface area contributed by atoms with Gasteiger partial charge in [0, 0.05) is 27.1 Å². The van der Waals surface area contributed by atoms with Crippen LogP contribution in [0.1, 0.15) is 0 Å². The number of hydrogen-bond donors (Lipinski definition) is 1. The first-order valence-electron chi connectivity index (χ1n) is 4.81. The van der Waals surface area contributed by atoms with Gasteiger partial charge in [-0.3, -0.25) is 10.1 Å². The van der Waals surface area contributed by atoms with Crippen molar-refractivity contribution >= 4 is 34.2 Å². The van der Waals surface area contributed by atoms with Crippen LogP contribution in [0.15, 0.2) is 51.8 Å². The molecule has 86 valence electrons. The van der Waals surface area contributed by atoms with Crippen LogP contribution >= 0.6 is 28.6 Å². The van der Waals surface area contributed by atoms with Crippen molar-refractivity contribution in [3.05, 3.63) is 57.1 Å². The number of hydrogen-bond acceptors (Lipinski definition) is 3. The van der Waals surface area contributed by atoms with Gasteiger partial charge in [0.05, 0.1) is 4.92 Å². The van der Waals surface area contributed by atoms with E-state index in [1.807, 2.05) is 24.3 Å². The molecule has 0 saturated heterocycles. The number of non-ortho nitro benzene ring substituents is 1. The van der Waals surface area contributed by atoms with Gasteiger partial charge < -0.3 is 0 Å². The second-order valence-electron chi connectivity index (χ2n) is 3.47. The minimum atomic E-state index is -0.407. The maximum Gasteiger partial charge on any atom is 0.270 e. The van der Waals surface area contributed by atoms with E-state index >= 15 is 0 Å². The fraction of sp³-hybridized carbons (Fsp3) is 0. The van der Waals surface area contributed by atoms with Gasteiger partial charge in [0.1, 0.15) is 0 Å². The van der Waals surface area contributed by atoms with Crippen LogP contribution in [0.4, 0.5) is 5.69 Å². The van der Waals surface area contributed by atoms with Gasteiger partial charge in [0.2, 0.25) is 0 Å². The normalized spacial score (nSPS) is 10.2. The predicted molar refractivity (Wildman–Crippen MR) is 73.5 cm³/mol. The van der Waals surface area contributed by atoms with Gasteiger partial charge in [-0.2, -0.15) is 0 Å². The Labute approximate surface area is 112 Å². The highest BCUT2D eigenvalue weighted by Gasteiger charge is 2.10. The standard InChI is InChI=1S/C12H8BrNO2S/c13-9-3-1-8(2-4-9)11-7-10(14(15)16)5-6-12(11)17/h1-7,17H. The van der Waals surface area contributed by atoms with Crippen LogP contribution in [0, 0.1) is 10.1 Å². The third-order valence-electron chi connectivity index (χ3n) is 2.35. The highest BCUT2D eigenvalue weighted by Crippen LogP contribution is 2.30. The van der Waals surface area contributed by atoms with Crippen LogP contribution in [-0.4, -0.2) is 4.92 Å². The topological polar surface area (TPSA) is 43.1 Å². The number of rotatable bonds is 2. The lowest BCUT2D eigenvalue weighted by atomic mass is 10.1. The Morgan fingerprint density at radius 2 is 1.76 bits per heavy atom. The number of benzene rings is 2. The predicted octanol–water partition coefficient (Wildman–Crippen LogP) is 4.31. The van der Waals surface area contributed by atoms with E-state index in [0.717, 1.165) is 20.5 Å². The molecule has 3 nitrogen and oxygen atoms in total. The molecule has 0 aliphatic rings. The molecule has 0 spiro atoms. The number of nitrogens with zero attached hydrogens (tertiary/aromatic N) is 1. The summed E-state index contributed by atoms with van der Waals surface area (Å²) in [5.74, 6) is 0. The van der Waals surface area contributed by atoms with Crippen LogP contribution in [0.5, 0.6) is 0 Å². The third-order valence-corrected chi connectivity index (χ3v) is 3.26. The molecule has 0 fully saturated rings. The molecule has 0 atom stereocenters. The minimum Gasteiger partial charge on any atom is -0.258 e. The van der Waals surface area contributed by atoms with E-state index in [9.17, 15) is 10.1 Å². The van der Waals surface area contributed by atoms with E-state index in [4.69, 9.17) is 0 Å². The molecule has 0 radical (unpaired) electrons. The average molecular weight is 310 g/mol. The monoisotopic (exact) mass is 309 g/mol. The van der Waals surface area contributed by atoms with Gasteiger partial charge in [0.15, 0.2) is 0 Å².